The molecule has 122 valence electrons. The molecule has 1 aliphatic heterocycles. The standard InChI is InChI=1S/C11H19NO3.C4H4N2O/c1-11(2,3)15-10(14)12-6-4-9(8-13)5-7-12;7-2-4-1-5-3-6-4/h8-9H,4-7H2,1-3H3;1-3H,(H,5,6). The van der Waals surface area contributed by atoms with Gasteiger partial charge >= 0.3 is 6.09 Å². The third-order valence-electron chi connectivity index (χ3n) is 3.03. The van der Waals surface area contributed by atoms with Crippen molar-refractivity contribution in [2.24, 2.45) is 5.92 Å². The van der Waals surface area contributed by atoms with Crippen molar-refractivity contribution >= 4 is 18.7 Å². The number of H-pyrrole nitrogens is 1. The molecular formula is C15H23N3O4. The average Bonchev–Trinajstić information content (AvgIpc) is 2.99. The first-order valence-corrected chi connectivity index (χ1v) is 7.22. The van der Waals surface area contributed by atoms with Crippen LogP contribution in [0.15, 0.2) is 12.5 Å². The van der Waals surface area contributed by atoms with Gasteiger partial charge in [-0.25, -0.2) is 9.78 Å². The van der Waals surface area contributed by atoms with Crippen molar-refractivity contribution in [3.05, 3.63) is 18.2 Å². The summed E-state index contributed by atoms with van der Waals surface area (Å²) in [7, 11) is 0. The molecule has 22 heavy (non-hydrogen) atoms. The van der Waals surface area contributed by atoms with Crippen LogP contribution in [0.1, 0.15) is 44.1 Å². The Morgan fingerprint density at radius 1 is 1.36 bits per heavy atom. The van der Waals surface area contributed by atoms with E-state index in [0.717, 1.165) is 19.1 Å². The molecule has 0 unspecified atom stereocenters. The Balaban J connectivity index is 0.000000287. The molecular weight excluding hydrogens is 286 g/mol. The van der Waals surface area contributed by atoms with Gasteiger partial charge in [-0.1, -0.05) is 0 Å². The summed E-state index contributed by atoms with van der Waals surface area (Å²) in [4.78, 5) is 39.8. The molecule has 1 saturated heterocycles. The van der Waals surface area contributed by atoms with Crippen LogP contribution >= 0.6 is 0 Å². The van der Waals surface area contributed by atoms with Crippen LogP contribution in [0, 0.1) is 5.92 Å². The zero-order valence-corrected chi connectivity index (χ0v) is 13.2. The maximum atomic E-state index is 11.6. The lowest BCUT2D eigenvalue weighted by Gasteiger charge is -2.31. The predicted molar refractivity (Wildman–Crippen MR) is 80.6 cm³/mol. The Kier molecular flexibility index (Phi) is 6.75. The number of piperidine rings is 1. The van der Waals surface area contributed by atoms with Crippen molar-refractivity contribution in [1.29, 1.82) is 0 Å². The molecule has 1 fully saturated rings. The number of aldehydes is 2. The Labute approximate surface area is 130 Å². The SMILES string of the molecule is CC(C)(C)OC(=O)N1CCC(C=O)CC1.O=Cc1cnc[nH]1. The quantitative estimate of drug-likeness (QED) is 0.844. The fourth-order valence-electron chi connectivity index (χ4n) is 1.88. The number of nitrogens with zero attached hydrogens (tertiary/aromatic N) is 2. The summed E-state index contributed by atoms with van der Waals surface area (Å²) in [6.07, 6.45) is 5.86. The highest BCUT2D eigenvalue weighted by Gasteiger charge is 2.26. The van der Waals surface area contributed by atoms with Gasteiger partial charge in [-0.05, 0) is 33.6 Å². The third-order valence-corrected chi connectivity index (χ3v) is 3.03. The number of likely N-dealkylation sites (tertiary alicyclic amines) is 1. The second-order valence-corrected chi connectivity index (χ2v) is 6.07. The normalized spacial score (nSPS) is 15.5. The van der Waals surface area contributed by atoms with Crippen LogP contribution in [0.2, 0.25) is 0 Å². The van der Waals surface area contributed by atoms with Gasteiger partial charge < -0.3 is 19.4 Å². The first-order chi connectivity index (χ1) is 10.4. The second-order valence-electron chi connectivity index (χ2n) is 6.07. The molecule has 0 radical (unpaired) electrons. The lowest BCUT2D eigenvalue weighted by molar-refractivity contribution is -0.112. The van der Waals surface area contributed by atoms with Crippen LogP contribution in [-0.4, -0.2) is 52.2 Å². The van der Waals surface area contributed by atoms with Gasteiger partial charge in [0.1, 0.15) is 11.9 Å². The van der Waals surface area contributed by atoms with Crippen molar-refractivity contribution in [3.63, 3.8) is 0 Å². The Bertz CT molecular complexity index is 471. The molecule has 1 aromatic heterocycles. The highest BCUT2D eigenvalue weighted by Crippen LogP contribution is 2.17. The van der Waals surface area contributed by atoms with Gasteiger partial charge in [0, 0.05) is 19.0 Å². The monoisotopic (exact) mass is 309 g/mol. The molecule has 7 heteroatoms. The summed E-state index contributed by atoms with van der Waals surface area (Å²) >= 11 is 0. The molecule has 1 aliphatic rings. The summed E-state index contributed by atoms with van der Waals surface area (Å²) in [5, 5.41) is 0. The summed E-state index contributed by atoms with van der Waals surface area (Å²) < 4.78 is 5.24. The van der Waals surface area contributed by atoms with E-state index in [2.05, 4.69) is 9.97 Å². The zero-order chi connectivity index (χ0) is 16.6. The van der Waals surface area contributed by atoms with E-state index >= 15 is 0 Å². The van der Waals surface area contributed by atoms with E-state index in [4.69, 9.17) is 4.74 Å². The maximum Gasteiger partial charge on any atom is 0.410 e. The van der Waals surface area contributed by atoms with Crippen molar-refractivity contribution in [2.75, 3.05) is 13.1 Å². The zero-order valence-electron chi connectivity index (χ0n) is 13.2. The molecule has 2 rings (SSSR count). The second kappa shape index (κ2) is 8.31. The van der Waals surface area contributed by atoms with Gasteiger partial charge in [-0.15, -0.1) is 0 Å². The highest BCUT2D eigenvalue weighted by atomic mass is 16.6. The van der Waals surface area contributed by atoms with Gasteiger partial charge in [0.2, 0.25) is 0 Å². The summed E-state index contributed by atoms with van der Waals surface area (Å²) in [6.45, 7) is 6.80. The highest BCUT2D eigenvalue weighted by molar-refractivity contribution is 5.70. The number of hydrogen-bond acceptors (Lipinski definition) is 5. The summed E-state index contributed by atoms with van der Waals surface area (Å²) in [5.41, 5.74) is 0.0680. The molecule has 0 atom stereocenters. The lowest BCUT2D eigenvalue weighted by Crippen LogP contribution is -2.41. The molecule has 0 bridgehead atoms. The number of amides is 1. The number of aromatic amines is 1. The number of carbonyl (C=O) groups excluding carboxylic acids is 3. The van der Waals surface area contributed by atoms with Crippen molar-refractivity contribution in [1.82, 2.24) is 14.9 Å². The van der Waals surface area contributed by atoms with Crippen molar-refractivity contribution in [3.8, 4) is 0 Å². The summed E-state index contributed by atoms with van der Waals surface area (Å²) in [6, 6.07) is 0. The average molecular weight is 309 g/mol. The van der Waals surface area contributed by atoms with Crippen molar-refractivity contribution < 1.29 is 19.1 Å². The molecule has 0 aliphatic carbocycles. The number of rotatable bonds is 2. The maximum absolute atomic E-state index is 11.6. The van der Waals surface area contributed by atoms with Gasteiger partial charge in [0.15, 0.2) is 6.29 Å². The molecule has 1 amide bonds. The van der Waals surface area contributed by atoms with E-state index in [-0.39, 0.29) is 12.0 Å². The minimum Gasteiger partial charge on any atom is -0.444 e. The van der Waals surface area contributed by atoms with Crippen LogP contribution in [-0.2, 0) is 9.53 Å². The smallest absolute Gasteiger partial charge is 0.410 e. The van der Waals surface area contributed by atoms with E-state index in [1.807, 2.05) is 20.8 Å². The van der Waals surface area contributed by atoms with Gasteiger partial charge in [0.25, 0.3) is 0 Å². The first-order valence-electron chi connectivity index (χ1n) is 7.22. The van der Waals surface area contributed by atoms with Crippen molar-refractivity contribution in [2.45, 2.75) is 39.2 Å². The topological polar surface area (TPSA) is 92.4 Å². The molecule has 0 aromatic carbocycles. The van der Waals surface area contributed by atoms with Crippen LogP contribution < -0.4 is 0 Å². The molecule has 2 heterocycles. The largest absolute Gasteiger partial charge is 0.444 e. The Morgan fingerprint density at radius 2 is 2.00 bits per heavy atom. The number of carbonyl (C=O) groups is 3. The molecule has 0 spiro atoms. The molecule has 1 N–H and O–H groups in total. The minimum atomic E-state index is -0.446. The fraction of sp³-hybridized carbons (Fsp3) is 0.600. The number of hydrogen-bond donors (Lipinski definition) is 1. The van der Waals surface area contributed by atoms with Crippen LogP contribution in [0.5, 0.6) is 0 Å². The van der Waals surface area contributed by atoms with E-state index in [1.54, 1.807) is 4.90 Å². The number of nitrogens with one attached hydrogen (secondary N) is 1. The first kappa shape index (κ1) is 17.9. The van der Waals surface area contributed by atoms with Crippen LogP contribution in [0.3, 0.4) is 0 Å². The predicted octanol–water partition coefficient (Wildman–Crippen LogP) is 2.05. The molecule has 1 aromatic rings. The van der Waals surface area contributed by atoms with Crippen LogP contribution in [0.4, 0.5) is 4.79 Å². The lowest BCUT2D eigenvalue weighted by atomic mass is 9.99. The van der Waals surface area contributed by atoms with E-state index in [0.29, 0.717) is 25.1 Å². The van der Waals surface area contributed by atoms with E-state index < -0.39 is 5.60 Å². The molecule has 7 nitrogen and oxygen atoms in total. The fourth-order valence-corrected chi connectivity index (χ4v) is 1.88. The number of aromatic nitrogens is 2. The van der Waals surface area contributed by atoms with Gasteiger partial charge in [0.05, 0.1) is 18.2 Å². The summed E-state index contributed by atoms with van der Waals surface area (Å²) in [5.74, 6) is 0.115. The Morgan fingerprint density at radius 3 is 2.36 bits per heavy atom. The Hall–Kier alpha value is -2.18. The van der Waals surface area contributed by atoms with Gasteiger partial charge in [-0.3, -0.25) is 4.79 Å². The van der Waals surface area contributed by atoms with E-state index in [1.165, 1.54) is 12.5 Å². The molecule has 0 saturated carbocycles. The minimum absolute atomic E-state index is 0.115. The number of imidazole rings is 1. The van der Waals surface area contributed by atoms with Gasteiger partial charge in [-0.2, -0.15) is 0 Å². The number of ether oxygens (including phenoxy) is 1. The van der Waals surface area contributed by atoms with Crippen LogP contribution in [0.25, 0.3) is 0 Å². The van der Waals surface area contributed by atoms with E-state index in [9.17, 15) is 14.4 Å². The third kappa shape index (κ3) is 6.51.